The Morgan fingerprint density at radius 3 is 2.50 bits per heavy atom. The predicted molar refractivity (Wildman–Crippen MR) is 104 cm³/mol. The third-order valence-corrected chi connectivity index (χ3v) is 6.17. The molecule has 0 fully saturated rings. The Hall–Kier alpha value is -1.83. The maximum Gasteiger partial charge on any atom is 0.296 e. The van der Waals surface area contributed by atoms with Crippen LogP contribution in [0.25, 0.3) is 0 Å². The molecule has 0 spiro atoms. The summed E-state index contributed by atoms with van der Waals surface area (Å²) in [6.45, 7) is 4.23. The second-order valence-corrected chi connectivity index (χ2v) is 8.46. The third-order valence-electron chi connectivity index (χ3n) is 4.17. The number of ether oxygens (including phenoxy) is 1. The summed E-state index contributed by atoms with van der Waals surface area (Å²) >= 11 is 3.54. The van der Waals surface area contributed by atoms with Crippen LogP contribution in [0.5, 0.6) is 0 Å². The summed E-state index contributed by atoms with van der Waals surface area (Å²) in [7, 11) is -3.77. The van der Waals surface area contributed by atoms with Crippen molar-refractivity contribution in [2.75, 3.05) is 18.2 Å². The normalized spacial score (nSPS) is 14.7. The van der Waals surface area contributed by atoms with E-state index >= 15 is 0 Å². The van der Waals surface area contributed by atoms with Gasteiger partial charge in [0, 0.05) is 10.9 Å². The number of nitrogens with zero attached hydrogens (tertiary/aromatic N) is 1. The summed E-state index contributed by atoms with van der Waals surface area (Å²) in [6, 6.07) is 14.4. The Balaban J connectivity index is 1.69. The lowest BCUT2D eigenvalue weighted by Crippen LogP contribution is -2.21. The molecule has 0 bridgehead atoms. The first-order chi connectivity index (χ1) is 12.4. The number of anilines is 1. The van der Waals surface area contributed by atoms with Crippen LogP contribution in [0.15, 0.2) is 69.4 Å². The molecule has 5 nitrogen and oxygen atoms in total. The van der Waals surface area contributed by atoms with E-state index in [0.29, 0.717) is 13.2 Å². The van der Waals surface area contributed by atoms with E-state index in [1.54, 1.807) is 24.3 Å². The van der Waals surface area contributed by atoms with Crippen LogP contribution in [0, 0.1) is 6.92 Å². The van der Waals surface area contributed by atoms with Crippen molar-refractivity contribution in [2.45, 2.75) is 25.2 Å². The van der Waals surface area contributed by atoms with E-state index in [0.717, 1.165) is 27.2 Å². The molecule has 0 aliphatic carbocycles. The van der Waals surface area contributed by atoms with Gasteiger partial charge in [-0.05, 0) is 54.0 Å². The molecule has 1 aliphatic rings. The lowest BCUT2D eigenvalue weighted by Gasteiger charge is -2.21. The Kier molecular flexibility index (Phi) is 5.70. The van der Waals surface area contributed by atoms with Crippen molar-refractivity contribution in [3.63, 3.8) is 0 Å². The van der Waals surface area contributed by atoms with E-state index < -0.39 is 10.1 Å². The van der Waals surface area contributed by atoms with Crippen molar-refractivity contribution in [1.82, 2.24) is 0 Å². The number of hydrogen-bond acceptors (Lipinski definition) is 5. The summed E-state index contributed by atoms with van der Waals surface area (Å²) in [5.74, 6) is 0.775. The van der Waals surface area contributed by atoms with Crippen LogP contribution in [0.3, 0.4) is 0 Å². The van der Waals surface area contributed by atoms with E-state index in [4.69, 9.17) is 8.92 Å². The van der Waals surface area contributed by atoms with Crippen LogP contribution in [0.1, 0.15) is 18.9 Å². The van der Waals surface area contributed by atoms with Gasteiger partial charge in [0.05, 0.1) is 22.9 Å². The molecule has 0 saturated carbocycles. The quantitative estimate of drug-likeness (QED) is 0.618. The largest absolute Gasteiger partial charge is 0.476 e. The molecule has 0 unspecified atom stereocenters. The number of rotatable bonds is 6. The average Bonchev–Trinajstić information content (AvgIpc) is 2.96. The van der Waals surface area contributed by atoms with Crippen molar-refractivity contribution >= 4 is 31.7 Å². The number of allylic oxidation sites excluding steroid dienone is 1. The minimum absolute atomic E-state index is 0.0488. The van der Waals surface area contributed by atoms with E-state index in [1.807, 2.05) is 43.0 Å². The third kappa shape index (κ3) is 4.11. The van der Waals surface area contributed by atoms with Gasteiger partial charge in [0.25, 0.3) is 10.1 Å². The lowest BCUT2D eigenvalue weighted by atomic mass is 10.2. The van der Waals surface area contributed by atoms with E-state index in [1.165, 1.54) is 0 Å². The summed E-state index contributed by atoms with van der Waals surface area (Å²) < 4.78 is 36.4. The number of halogens is 1. The first-order valence-electron chi connectivity index (χ1n) is 8.19. The summed E-state index contributed by atoms with van der Waals surface area (Å²) in [5, 5.41) is 0. The smallest absolute Gasteiger partial charge is 0.296 e. The van der Waals surface area contributed by atoms with Gasteiger partial charge in [-0.2, -0.15) is 8.42 Å². The first-order valence-corrected chi connectivity index (χ1v) is 10.4. The molecule has 138 valence electrons. The van der Waals surface area contributed by atoms with Gasteiger partial charge >= 0.3 is 0 Å². The summed E-state index contributed by atoms with van der Waals surface area (Å²) in [5.41, 5.74) is 2.88. The molecule has 2 aromatic rings. The molecular formula is C19H20BrNO4S. The van der Waals surface area contributed by atoms with Gasteiger partial charge in [0.1, 0.15) is 5.76 Å². The topological polar surface area (TPSA) is 55.8 Å². The average molecular weight is 438 g/mol. The minimum Gasteiger partial charge on any atom is -0.476 e. The molecule has 0 atom stereocenters. The highest BCUT2D eigenvalue weighted by atomic mass is 79.9. The molecule has 0 N–H and O–H groups in total. The molecule has 0 amide bonds. The zero-order chi connectivity index (χ0) is 18.7. The highest BCUT2D eigenvalue weighted by Gasteiger charge is 2.25. The molecular weight excluding hydrogens is 418 g/mol. The fourth-order valence-electron chi connectivity index (χ4n) is 2.73. The molecule has 1 heterocycles. The maximum absolute atomic E-state index is 12.3. The van der Waals surface area contributed by atoms with Crippen LogP contribution in [0.2, 0.25) is 0 Å². The summed E-state index contributed by atoms with van der Waals surface area (Å²) in [4.78, 5) is 2.18. The fourth-order valence-corrected chi connectivity index (χ4v) is 4.14. The van der Waals surface area contributed by atoms with Crippen LogP contribution >= 0.6 is 15.9 Å². The Labute approximate surface area is 162 Å². The minimum atomic E-state index is -3.77. The number of para-hydroxylation sites is 1. The van der Waals surface area contributed by atoms with Crippen molar-refractivity contribution in [1.29, 1.82) is 0 Å². The standard InChI is InChI=1S/C19H20BrNO4S/c1-14-7-9-16(10-8-14)26(22,23)25-12-11-18-15(2)24-13-21(18)19-6-4-3-5-17(19)20/h3-10H,11-13H2,1-2H3. The van der Waals surface area contributed by atoms with Gasteiger partial charge in [-0.15, -0.1) is 0 Å². The van der Waals surface area contributed by atoms with Gasteiger partial charge in [0.2, 0.25) is 0 Å². The van der Waals surface area contributed by atoms with Gasteiger partial charge in [-0.25, -0.2) is 0 Å². The second kappa shape index (κ2) is 7.82. The number of aryl methyl sites for hydroxylation is 1. The molecule has 0 saturated heterocycles. The first kappa shape index (κ1) is 18.9. The van der Waals surface area contributed by atoms with Crippen LogP contribution in [-0.2, 0) is 19.0 Å². The Morgan fingerprint density at radius 1 is 1.12 bits per heavy atom. The fraction of sp³-hybridized carbons (Fsp3) is 0.263. The molecule has 1 aliphatic heterocycles. The highest BCUT2D eigenvalue weighted by Crippen LogP contribution is 2.34. The molecule has 0 radical (unpaired) electrons. The van der Waals surface area contributed by atoms with E-state index in [9.17, 15) is 8.42 Å². The van der Waals surface area contributed by atoms with Gasteiger partial charge in [0.15, 0.2) is 6.73 Å². The van der Waals surface area contributed by atoms with E-state index in [-0.39, 0.29) is 11.5 Å². The van der Waals surface area contributed by atoms with Crippen molar-refractivity contribution < 1.29 is 17.3 Å². The second-order valence-electron chi connectivity index (χ2n) is 5.99. The lowest BCUT2D eigenvalue weighted by molar-refractivity contribution is 0.247. The van der Waals surface area contributed by atoms with Crippen molar-refractivity contribution in [2.24, 2.45) is 0 Å². The van der Waals surface area contributed by atoms with Gasteiger partial charge in [-0.3, -0.25) is 4.18 Å². The van der Waals surface area contributed by atoms with Crippen LogP contribution in [0.4, 0.5) is 5.69 Å². The monoisotopic (exact) mass is 437 g/mol. The number of hydrogen-bond donors (Lipinski definition) is 0. The molecule has 7 heteroatoms. The summed E-state index contributed by atoms with van der Waals surface area (Å²) in [6.07, 6.45) is 0.429. The molecule has 0 aromatic heterocycles. The predicted octanol–water partition coefficient (Wildman–Crippen LogP) is 4.58. The van der Waals surface area contributed by atoms with Crippen LogP contribution in [-0.4, -0.2) is 21.8 Å². The van der Waals surface area contributed by atoms with Gasteiger partial charge < -0.3 is 9.64 Å². The highest BCUT2D eigenvalue weighted by molar-refractivity contribution is 9.10. The van der Waals surface area contributed by atoms with Crippen molar-refractivity contribution in [3.05, 3.63) is 70.0 Å². The Bertz CT molecular complexity index is 923. The number of benzene rings is 2. The van der Waals surface area contributed by atoms with E-state index in [2.05, 4.69) is 15.9 Å². The molecule has 3 rings (SSSR count). The molecule has 2 aromatic carbocycles. The zero-order valence-electron chi connectivity index (χ0n) is 14.6. The van der Waals surface area contributed by atoms with Crippen molar-refractivity contribution in [3.8, 4) is 0 Å². The molecule has 26 heavy (non-hydrogen) atoms. The van der Waals surface area contributed by atoms with Gasteiger partial charge in [-0.1, -0.05) is 29.8 Å². The Morgan fingerprint density at radius 2 is 1.81 bits per heavy atom. The maximum atomic E-state index is 12.3. The SMILES string of the molecule is CC1=C(CCOS(=O)(=O)c2ccc(C)cc2)N(c2ccccc2Br)CO1. The zero-order valence-corrected chi connectivity index (χ0v) is 17.0. The van der Waals surface area contributed by atoms with Crippen LogP contribution < -0.4 is 4.90 Å².